The van der Waals surface area contributed by atoms with Gasteiger partial charge in [0.2, 0.25) is 5.91 Å². The molecule has 1 rings (SSSR count). The Morgan fingerprint density at radius 3 is 2.67 bits per heavy atom. The fourth-order valence-electron chi connectivity index (χ4n) is 1.67. The fourth-order valence-corrected chi connectivity index (χ4v) is 1.67. The maximum atomic E-state index is 11.2. The van der Waals surface area contributed by atoms with Crippen molar-refractivity contribution in [2.75, 3.05) is 0 Å². The summed E-state index contributed by atoms with van der Waals surface area (Å²) in [5.74, 6) is 0.599. The molecule has 1 fully saturated rings. The van der Waals surface area contributed by atoms with Crippen LogP contribution in [0, 0.1) is 5.92 Å². The smallest absolute Gasteiger partial charge is 0.236 e. The van der Waals surface area contributed by atoms with E-state index in [0.29, 0.717) is 12.0 Å². The molecule has 3 N–H and O–H groups in total. The maximum absolute atomic E-state index is 11.2. The van der Waals surface area contributed by atoms with Gasteiger partial charge in [-0.2, -0.15) is 0 Å². The van der Waals surface area contributed by atoms with Gasteiger partial charge in [-0.15, -0.1) is 0 Å². The van der Waals surface area contributed by atoms with Crippen molar-refractivity contribution in [1.29, 1.82) is 0 Å². The number of carbonyl (C=O) groups is 1. The maximum Gasteiger partial charge on any atom is 0.236 e. The second-order valence-electron chi connectivity index (χ2n) is 3.81. The molecule has 1 saturated carbocycles. The number of nitrogens with two attached hydrogens (primary N) is 1. The Balaban J connectivity index is 2.35. The molecule has 0 aromatic rings. The van der Waals surface area contributed by atoms with E-state index in [9.17, 15) is 4.79 Å². The van der Waals surface area contributed by atoms with Crippen LogP contribution < -0.4 is 11.1 Å². The van der Waals surface area contributed by atoms with Gasteiger partial charge in [0, 0.05) is 6.04 Å². The van der Waals surface area contributed by atoms with Crippen molar-refractivity contribution >= 4 is 5.91 Å². The Kier molecular flexibility index (Phi) is 3.09. The third-order valence-corrected chi connectivity index (χ3v) is 2.60. The molecule has 0 aromatic carbocycles. The first-order valence-corrected chi connectivity index (χ1v) is 4.67. The first kappa shape index (κ1) is 9.52. The van der Waals surface area contributed by atoms with E-state index < -0.39 is 0 Å². The molecule has 1 aliphatic rings. The molecule has 2 unspecified atom stereocenters. The van der Waals surface area contributed by atoms with E-state index in [1.165, 1.54) is 12.8 Å². The number of amides is 1. The highest BCUT2D eigenvalue weighted by Gasteiger charge is 2.25. The first-order valence-electron chi connectivity index (χ1n) is 4.67. The van der Waals surface area contributed by atoms with Crippen molar-refractivity contribution in [3.8, 4) is 0 Å². The highest BCUT2D eigenvalue weighted by Crippen LogP contribution is 2.24. The van der Waals surface area contributed by atoms with Gasteiger partial charge in [-0.3, -0.25) is 4.79 Å². The number of hydrogen-bond donors (Lipinski definition) is 2. The van der Waals surface area contributed by atoms with Crippen molar-refractivity contribution in [3.05, 3.63) is 0 Å². The van der Waals surface area contributed by atoms with Crippen LogP contribution >= 0.6 is 0 Å². The SMILES string of the molecule is CC1CCCC1NC(=O)[C@@H](C)N. The predicted molar refractivity (Wildman–Crippen MR) is 48.6 cm³/mol. The molecule has 3 heteroatoms. The van der Waals surface area contributed by atoms with Crippen LogP contribution in [0.3, 0.4) is 0 Å². The highest BCUT2D eigenvalue weighted by atomic mass is 16.2. The Bertz CT molecular complexity index is 168. The van der Waals surface area contributed by atoms with E-state index in [0.717, 1.165) is 6.42 Å². The van der Waals surface area contributed by atoms with Crippen molar-refractivity contribution in [3.63, 3.8) is 0 Å². The third-order valence-electron chi connectivity index (χ3n) is 2.60. The molecule has 70 valence electrons. The molecule has 0 aliphatic heterocycles. The van der Waals surface area contributed by atoms with E-state index in [2.05, 4.69) is 12.2 Å². The van der Waals surface area contributed by atoms with Crippen LogP contribution in [-0.4, -0.2) is 18.0 Å². The topological polar surface area (TPSA) is 55.1 Å². The molecule has 3 nitrogen and oxygen atoms in total. The summed E-state index contributed by atoms with van der Waals surface area (Å²) in [6.07, 6.45) is 3.56. The van der Waals surface area contributed by atoms with Crippen LogP contribution in [0.25, 0.3) is 0 Å². The molecular weight excluding hydrogens is 152 g/mol. The quantitative estimate of drug-likeness (QED) is 0.639. The van der Waals surface area contributed by atoms with Crippen molar-refractivity contribution in [1.82, 2.24) is 5.32 Å². The normalized spacial score (nSPS) is 31.6. The molecule has 0 radical (unpaired) electrons. The van der Waals surface area contributed by atoms with E-state index >= 15 is 0 Å². The lowest BCUT2D eigenvalue weighted by atomic mass is 10.1. The second-order valence-corrected chi connectivity index (χ2v) is 3.81. The molecule has 3 atom stereocenters. The van der Waals surface area contributed by atoms with Gasteiger partial charge in [0.25, 0.3) is 0 Å². The van der Waals surface area contributed by atoms with Gasteiger partial charge in [0.1, 0.15) is 0 Å². The lowest BCUT2D eigenvalue weighted by Crippen LogP contribution is -2.44. The molecule has 0 bridgehead atoms. The Morgan fingerprint density at radius 2 is 2.25 bits per heavy atom. The van der Waals surface area contributed by atoms with Gasteiger partial charge in [-0.05, 0) is 25.7 Å². The first-order chi connectivity index (χ1) is 5.61. The van der Waals surface area contributed by atoms with E-state index in [4.69, 9.17) is 5.73 Å². The molecule has 0 saturated heterocycles. The fraction of sp³-hybridized carbons (Fsp3) is 0.889. The predicted octanol–water partition coefficient (Wildman–Crippen LogP) is 0.638. The number of hydrogen-bond acceptors (Lipinski definition) is 2. The summed E-state index contributed by atoms with van der Waals surface area (Å²) in [5, 5.41) is 2.96. The summed E-state index contributed by atoms with van der Waals surface area (Å²) in [5.41, 5.74) is 5.45. The lowest BCUT2D eigenvalue weighted by molar-refractivity contribution is -0.122. The van der Waals surface area contributed by atoms with Crippen molar-refractivity contribution in [2.24, 2.45) is 11.7 Å². The highest BCUT2D eigenvalue weighted by molar-refractivity contribution is 5.81. The Labute approximate surface area is 73.7 Å². The van der Waals surface area contributed by atoms with Gasteiger partial charge in [0.15, 0.2) is 0 Å². The molecule has 12 heavy (non-hydrogen) atoms. The monoisotopic (exact) mass is 170 g/mol. The molecule has 0 heterocycles. The summed E-state index contributed by atoms with van der Waals surface area (Å²) in [4.78, 5) is 11.2. The van der Waals surface area contributed by atoms with Crippen LogP contribution in [0.4, 0.5) is 0 Å². The van der Waals surface area contributed by atoms with Crippen LogP contribution in [0.15, 0.2) is 0 Å². The lowest BCUT2D eigenvalue weighted by Gasteiger charge is -2.18. The summed E-state index contributed by atoms with van der Waals surface area (Å²) < 4.78 is 0. The summed E-state index contributed by atoms with van der Waals surface area (Å²) >= 11 is 0. The van der Waals surface area contributed by atoms with Crippen LogP contribution in [-0.2, 0) is 4.79 Å². The number of rotatable bonds is 2. The molecule has 0 spiro atoms. The Hall–Kier alpha value is -0.570. The zero-order valence-corrected chi connectivity index (χ0v) is 7.84. The van der Waals surface area contributed by atoms with Crippen molar-refractivity contribution < 1.29 is 4.79 Å². The van der Waals surface area contributed by atoms with Crippen LogP contribution in [0.2, 0.25) is 0 Å². The summed E-state index contributed by atoms with van der Waals surface area (Å²) in [7, 11) is 0. The second kappa shape index (κ2) is 3.90. The zero-order valence-electron chi connectivity index (χ0n) is 7.84. The summed E-state index contributed by atoms with van der Waals surface area (Å²) in [6.45, 7) is 3.90. The summed E-state index contributed by atoms with van der Waals surface area (Å²) in [6, 6.07) is -0.0127. The van der Waals surface area contributed by atoms with E-state index in [-0.39, 0.29) is 11.9 Å². The van der Waals surface area contributed by atoms with Crippen molar-refractivity contribution in [2.45, 2.75) is 45.2 Å². The average molecular weight is 170 g/mol. The minimum atomic E-state index is -0.377. The standard InChI is InChI=1S/C9H18N2O/c1-6-4-3-5-8(6)11-9(12)7(2)10/h6-8H,3-5,10H2,1-2H3,(H,11,12)/t6?,7-,8?/m1/s1. The van der Waals surface area contributed by atoms with Crippen LogP contribution in [0.1, 0.15) is 33.1 Å². The molecule has 1 aliphatic carbocycles. The largest absolute Gasteiger partial charge is 0.352 e. The van der Waals surface area contributed by atoms with Gasteiger partial charge in [0.05, 0.1) is 6.04 Å². The molecule has 1 amide bonds. The third kappa shape index (κ3) is 2.21. The molecular formula is C9H18N2O. The van der Waals surface area contributed by atoms with Gasteiger partial charge < -0.3 is 11.1 Å². The number of nitrogens with one attached hydrogen (secondary N) is 1. The molecule has 0 aromatic heterocycles. The zero-order chi connectivity index (χ0) is 9.14. The minimum absolute atomic E-state index is 0.0197. The van der Waals surface area contributed by atoms with Gasteiger partial charge >= 0.3 is 0 Å². The van der Waals surface area contributed by atoms with Gasteiger partial charge in [-0.1, -0.05) is 13.3 Å². The number of carbonyl (C=O) groups excluding carboxylic acids is 1. The van der Waals surface area contributed by atoms with E-state index in [1.54, 1.807) is 6.92 Å². The van der Waals surface area contributed by atoms with Crippen LogP contribution in [0.5, 0.6) is 0 Å². The van der Waals surface area contributed by atoms with E-state index in [1.807, 2.05) is 0 Å². The minimum Gasteiger partial charge on any atom is -0.352 e. The van der Waals surface area contributed by atoms with Gasteiger partial charge in [-0.25, -0.2) is 0 Å². The average Bonchev–Trinajstić information content (AvgIpc) is 2.36. The Morgan fingerprint density at radius 1 is 1.58 bits per heavy atom.